The van der Waals surface area contributed by atoms with Gasteiger partial charge in [0.15, 0.2) is 9.84 Å². The largest absolute Gasteiger partial charge is 0.497 e. The number of ether oxygens (including phenoxy) is 1. The molecule has 2 rings (SSSR count). The second-order valence-electron chi connectivity index (χ2n) is 4.35. The second-order valence-corrected chi connectivity index (χ2v) is 6.67. The Morgan fingerprint density at radius 1 is 1.19 bits per heavy atom. The van der Waals surface area contributed by atoms with Crippen LogP contribution in [0.3, 0.4) is 0 Å². The van der Waals surface area contributed by atoms with Gasteiger partial charge >= 0.3 is 0 Å². The molecule has 0 amide bonds. The molecule has 0 N–H and O–H groups in total. The normalized spacial score (nSPS) is 18.9. The molecule has 0 aromatic heterocycles. The Labute approximate surface area is 96.4 Å². The van der Waals surface area contributed by atoms with Gasteiger partial charge in [0.25, 0.3) is 0 Å². The van der Waals surface area contributed by atoms with E-state index in [2.05, 4.69) is 0 Å². The average Bonchev–Trinajstić information content (AvgIpc) is 2.15. The topological polar surface area (TPSA) is 43.4 Å². The fourth-order valence-electron chi connectivity index (χ4n) is 2.27. The van der Waals surface area contributed by atoms with Crippen LogP contribution in [-0.2, 0) is 14.6 Å². The molecule has 0 bridgehead atoms. The zero-order valence-corrected chi connectivity index (χ0v) is 10.4. The van der Waals surface area contributed by atoms with E-state index < -0.39 is 14.6 Å². The number of benzene rings is 1. The quantitative estimate of drug-likeness (QED) is 0.812. The fourth-order valence-corrected chi connectivity index (χ4v) is 3.86. The smallest absolute Gasteiger partial charge is 0.157 e. The van der Waals surface area contributed by atoms with Crippen molar-refractivity contribution in [1.29, 1.82) is 0 Å². The first-order chi connectivity index (χ1) is 7.49. The Balaban J connectivity index is 2.42. The SMILES string of the molecule is COc1ccc(C2(S(C)(=O)=O)CCC2)cc1. The highest BCUT2D eigenvalue weighted by atomic mass is 32.2. The number of hydrogen-bond acceptors (Lipinski definition) is 3. The zero-order chi connectivity index (χ0) is 11.8. The molecular formula is C12H16O3S. The summed E-state index contributed by atoms with van der Waals surface area (Å²) in [4.78, 5) is 0. The van der Waals surface area contributed by atoms with Crippen molar-refractivity contribution in [1.82, 2.24) is 0 Å². The van der Waals surface area contributed by atoms with Crippen molar-refractivity contribution in [2.75, 3.05) is 13.4 Å². The van der Waals surface area contributed by atoms with Crippen LogP contribution in [0.5, 0.6) is 5.75 Å². The van der Waals surface area contributed by atoms with Gasteiger partial charge in [-0.2, -0.15) is 0 Å². The van der Waals surface area contributed by atoms with Crippen molar-refractivity contribution in [3.8, 4) is 5.75 Å². The van der Waals surface area contributed by atoms with Gasteiger partial charge in [0.05, 0.1) is 11.9 Å². The van der Waals surface area contributed by atoms with Crippen LogP contribution in [0.25, 0.3) is 0 Å². The minimum absolute atomic E-state index is 0.640. The molecule has 3 nitrogen and oxygen atoms in total. The number of sulfone groups is 1. The van der Waals surface area contributed by atoms with E-state index in [9.17, 15) is 8.42 Å². The maximum absolute atomic E-state index is 11.9. The predicted octanol–water partition coefficient (Wildman–Crippen LogP) is 2.12. The van der Waals surface area contributed by atoms with E-state index in [-0.39, 0.29) is 0 Å². The Bertz CT molecular complexity index is 469. The monoisotopic (exact) mass is 240 g/mol. The van der Waals surface area contributed by atoms with Crippen molar-refractivity contribution in [2.24, 2.45) is 0 Å². The van der Waals surface area contributed by atoms with Gasteiger partial charge in [-0.15, -0.1) is 0 Å². The molecule has 1 aliphatic carbocycles. The van der Waals surface area contributed by atoms with Crippen LogP contribution >= 0.6 is 0 Å². The summed E-state index contributed by atoms with van der Waals surface area (Å²) in [5, 5.41) is 0. The minimum Gasteiger partial charge on any atom is -0.497 e. The molecule has 0 saturated heterocycles. The third kappa shape index (κ3) is 1.61. The summed E-state index contributed by atoms with van der Waals surface area (Å²) in [5.74, 6) is 0.756. The lowest BCUT2D eigenvalue weighted by atomic mass is 9.79. The van der Waals surface area contributed by atoms with E-state index in [1.807, 2.05) is 24.3 Å². The Kier molecular flexibility index (Phi) is 2.70. The lowest BCUT2D eigenvalue weighted by Crippen LogP contribution is -2.41. The van der Waals surface area contributed by atoms with Gasteiger partial charge in [0, 0.05) is 6.26 Å². The van der Waals surface area contributed by atoms with Gasteiger partial charge in [-0.05, 0) is 37.0 Å². The van der Waals surface area contributed by atoms with Gasteiger partial charge in [-0.25, -0.2) is 8.42 Å². The average molecular weight is 240 g/mol. The van der Waals surface area contributed by atoms with Crippen molar-refractivity contribution >= 4 is 9.84 Å². The molecule has 0 spiro atoms. The lowest BCUT2D eigenvalue weighted by Gasteiger charge is -2.40. The summed E-state index contributed by atoms with van der Waals surface area (Å²) < 4.78 is 28.1. The van der Waals surface area contributed by atoms with Crippen molar-refractivity contribution in [2.45, 2.75) is 24.0 Å². The maximum Gasteiger partial charge on any atom is 0.157 e. The predicted molar refractivity (Wildman–Crippen MR) is 63.4 cm³/mol. The first kappa shape index (κ1) is 11.5. The van der Waals surface area contributed by atoms with Crippen LogP contribution in [-0.4, -0.2) is 21.8 Å². The molecule has 0 unspecified atom stereocenters. The first-order valence-corrected chi connectivity index (χ1v) is 7.23. The number of methoxy groups -OCH3 is 1. The molecule has 0 radical (unpaired) electrons. The molecule has 1 aromatic rings. The van der Waals surface area contributed by atoms with Gasteiger partial charge < -0.3 is 4.74 Å². The van der Waals surface area contributed by atoms with Gasteiger partial charge in [-0.3, -0.25) is 0 Å². The van der Waals surface area contributed by atoms with E-state index in [1.54, 1.807) is 7.11 Å². The highest BCUT2D eigenvalue weighted by Gasteiger charge is 2.47. The van der Waals surface area contributed by atoms with Crippen LogP contribution in [0.1, 0.15) is 24.8 Å². The summed E-state index contributed by atoms with van der Waals surface area (Å²) in [6.45, 7) is 0. The van der Waals surface area contributed by atoms with Gasteiger partial charge in [-0.1, -0.05) is 12.1 Å². The van der Waals surface area contributed by atoms with Crippen LogP contribution < -0.4 is 4.74 Å². The van der Waals surface area contributed by atoms with E-state index in [0.29, 0.717) is 0 Å². The Morgan fingerprint density at radius 3 is 2.06 bits per heavy atom. The van der Waals surface area contributed by atoms with Crippen molar-refractivity contribution in [3.05, 3.63) is 29.8 Å². The molecule has 88 valence electrons. The van der Waals surface area contributed by atoms with Crippen molar-refractivity contribution in [3.63, 3.8) is 0 Å². The molecule has 16 heavy (non-hydrogen) atoms. The third-order valence-corrected chi connectivity index (χ3v) is 5.55. The molecular weight excluding hydrogens is 224 g/mol. The summed E-state index contributed by atoms with van der Waals surface area (Å²) >= 11 is 0. The number of rotatable bonds is 3. The van der Waals surface area contributed by atoms with E-state index in [4.69, 9.17) is 4.74 Å². The van der Waals surface area contributed by atoms with Crippen molar-refractivity contribution < 1.29 is 13.2 Å². The highest BCUT2D eigenvalue weighted by Crippen LogP contribution is 2.47. The van der Waals surface area contributed by atoms with E-state index in [0.717, 1.165) is 30.6 Å². The second kappa shape index (κ2) is 3.77. The van der Waals surface area contributed by atoms with Gasteiger partial charge in [0.2, 0.25) is 0 Å². The Hall–Kier alpha value is -1.03. The zero-order valence-electron chi connectivity index (χ0n) is 9.56. The van der Waals surface area contributed by atoms with Crippen LogP contribution in [0.15, 0.2) is 24.3 Å². The Morgan fingerprint density at radius 2 is 1.75 bits per heavy atom. The molecule has 1 aromatic carbocycles. The molecule has 1 fully saturated rings. The maximum atomic E-state index is 11.9. The summed E-state index contributed by atoms with van der Waals surface area (Å²) in [7, 11) is -1.44. The minimum atomic E-state index is -3.04. The van der Waals surface area contributed by atoms with Gasteiger partial charge in [0.1, 0.15) is 5.75 Å². The highest BCUT2D eigenvalue weighted by molar-refractivity contribution is 7.91. The molecule has 4 heteroatoms. The van der Waals surface area contributed by atoms with E-state index in [1.165, 1.54) is 6.26 Å². The molecule has 0 aliphatic heterocycles. The summed E-state index contributed by atoms with van der Waals surface area (Å²) in [6.07, 6.45) is 3.78. The standard InChI is InChI=1S/C12H16O3S/c1-15-11-6-4-10(5-7-11)12(8-3-9-12)16(2,13)14/h4-7H,3,8-9H2,1-2H3. The van der Waals surface area contributed by atoms with Crippen LogP contribution in [0.2, 0.25) is 0 Å². The molecule has 1 saturated carbocycles. The summed E-state index contributed by atoms with van der Waals surface area (Å²) in [5.41, 5.74) is 0.891. The third-order valence-electron chi connectivity index (χ3n) is 3.49. The first-order valence-electron chi connectivity index (χ1n) is 5.34. The molecule has 0 atom stereocenters. The molecule has 0 heterocycles. The fraction of sp³-hybridized carbons (Fsp3) is 0.500. The van der Waals surface area contributed by atoms with Crippen LogP contribution in [0, 0.1) is 0 Å². The number of hydrogen-bond donors (Lipinski definition) is 0. The molecule has 1 aliphatic rings. The summed E-state index contributed by atoms with van der Waals surface area (Å²) in [6, 6.07) is 7.36. The lowest BCUT2D eigenvalue weighted by molar-refractivity contribution is 0.346. The van der Waals surface area contributed by atoms with Crippen LogP contribution in [0.4, 0.5) is 0 Å². The van der Waals surface area contributed by atoms with E-state index >= 15 is 0 Å².